The quantitative estimate of drug-likeness (QED) is 0.283. The second kappa shape index (κ2) is 14.7. The molecule has 3 aromatic carbocycles. The van der Waals surface area contributed by atoms with E-state index in [2.05, 4.69) is 53.2 Å². The highest BCUT2D eigenvalue weighted by molar-refractivity contribution is 5.68. The highest BCUT2D eigenvalue weighted by atomic mass is 16.7. The van der Waals surface area contributed by atoms with Crippen LogP contribution in [-0.4, -0.2) is 67.4 Å². The number of hydrogen-bond acceptors (Lipinski definition) is 8. The number of hydrogen-bond donors (Lipinski definition) is 2. The van der Waals surface area contributed by atoms with Crippen molar-refractivity contribution in [3.63, 3.8) is 0 Å². The van der Waals surface area contributed by atoms with Crippen LogP contribution in [0.4, 0.5) is 4.79 Å². The van der Waals surface area contributed by atoms with Crippen molar-refractivity contribution in [1.82, 2.24) is 10.2 Å². The van der Waals surface area contributed by atoms with Crippen molar-refractivity contribution in [3.8, 4) is 11.1 Å². The van der Waals surface area contributed by atoms with Crippen LogP contribution in [-0.2, 0) is 36.8 Å². The summed E-state index contributed by atoms with van der Waals surface area (Å²) >= 11 is 0. The Kier molecular flexibility index (Phi) is 10.2. The lowest BCUT2D eigenvalue weighted by molar-refractivity contribution is -0.255. The minimum Gasteiger partial charge on any atom is -0.445 e. The number of amides is 1. The third-order valence-corrected chi connectivity index (χ3v) is 8.72. The third kappa shape index (κ3) is 7.99. The van der Waals surface area contributed by atoms with Gasteiger partial charge in [0.15, 0.2) is 12.1 Å². The second-order valence-electron chi connectivity index (χ2n) is 11.8. The molecule has 0 aliphatic carbocycles. The zero-order chi connectivity index (χ0) is 31.1. The Morgan fingerprint density at radius 1 is 0.956 bits per heavy atom. The van der Waals surface area contributed by atoms with Gasteiger partial charge >= 0.3 is 6.09 Å². The van der Waals surface area contributed by atoms with Crippen LogP contribution in [0.15, 0.2) is 85.5 Å². The van der Waals surface area contributed by atoms with Gasteiger partial charge in [-0.1, -0.05) is 79.4 Å². The number of nitrogens with zero attached hydrogens (tertiary/aromatic N) is 1. The summed E-state index contributed by atoms with van der Waals surface area (Å²) in [5, 5.41) is 12.3. The molecule has 45 heavy (non-hydrogen) atoms. The summed E-state index contributed by atoms with van der Waals surface area (Å²) in [4.78, 5) is 14.3. The normalized spacial score (nSPS) is 23.1. The fourth-order valence-electron chi connectivity index (χ4n) is 6.24. The zero-order valence-electron chi connectivity index (χ0n) is 25.6. The largest absolute Gasteiger partial charge is 0.445 e. The molecular weight excluding hydrogens is 572 g/mol. The van der Waals surface area contributed by atoms with Gasteiger partial charge in [-0.15, -0.1) is 0 Å². The van der Waals surface area contributed by atoms with Crippen LogP contribution in [0.5, 0.6) is 0 Å². The Balaban J connectivity index is 1.14. The van der Waals surface area contributed by atoms with Gasteiger partial charge in [-0.3, -0.25) is 0 Å². The number of carbonyl (C=O) groups excluding carboxylic acids is 1. The first kappa shape index (κ1) is 31.4. The van der Waals surface area contributed by atoms with E-state index in [0.717, 1.165) is 72.3 Å². The molecule has 0 bridgehead atoms. The number of aliphatic hydroxyl groups excluding tert-OH is 1. The van der Waals surface area contributed by atoms with Gasteiger partial charge in [0.1, 0.15) is 6.61 Å². The van der Waals surface area contributed by atoms with Gasteiger partial charge in [-0.2, -0.15) is 0 Å². The summed E-state index contributed by atoms with van der Waals surface area (Å²) in [6.45, 7) is 8.08. The van der Waals surface area contributed by atoms with Gasteiger partial charge in [-0.25, -0.2) is 4.79 Å². The number of piperidine rings is 1. The van der Waals surface area contributed by atoms with Crippen LogP contribution in [0.2, 0.25) is 0 Å². The summed E-state index contributed by atoms with van der Waals surface area (Å²) in [5.41, 5.74) is 5.97. The molecule has 238 valence electrons. The van der Waals surface area contributed by atoms with Gasteiger partial charge < -0.3 is 39.0 Å². The molecule has 9 nitrogen and oxygen atoms in total. The lowest BCUT2D eigenvalue weighted by atomic mass is 9.98. The first-order chi connectivity index (χ1) is 22.0. The number of aliphatic hydroxyl groups is 1. The standard InChI is InChI=1S/C36H42N2O7/c1-2-18-41-35(40)37-23-27-4-3-5-31(21-27)28-10-12-30(13-11-28)34-44-32(22-33(45-34)29-8-6-26(25-39)7-9-29)24-38-16-14-36(15-17-38)42-19-20-43-36/h2-13,21,32-34,39H,1,14-20,22-25H2,(H,37,40)/t32-,33+,34+/m0/s1. The van der Waals surface area contributed by atoms with E-state index in [0.29, 0.717) is 19.8 Å². The molecule has 3 heterocycles. The van der Waals surface area contributed by atoms with Gasteiger partial charge in [0.2, 0.25) is 0 Å². The molecule has 0 unspecified atom stereocenters. The molecule has 6 rings (SSSR count). The topological polar surface area (TPSA) is 98.7 Å². The van der Waals surface area contributed by atoms with Crippen LogP contribution in [0.1, 0.15) is 53.9 Å². The van der Waals surface area contributed by atoms with Crippen molar-refractivity contribution in [2.45, 2.75) is 56.7 Å². The molecule has 0 saturated carbocycles. The van der Waals surface area contributed by atoms with Gasteiger partial charge in [-0.05, 0) is 33.9 Å². The summed E-state index contributed by atoms with van der Waals surface area (Å²) < 4.78 is 30.0. The van der Waals surface area contributed by atoms with Crippen molar-refractivity contribution in [1.29, 1.82) is 0 Å². The molecule has 9 heteroatoms. The van der Waals surface area contributed by atoms with Crippen LogP contribution in [0.3, 0.4) is 0 Å². The van der Waals surface area contributed by atoms with E-state index in [-0.39, 0.29) is 25.4 Å². The fraction of sp³-hybridized carbons (Fsp3) is 0.417. The number of nitrogens with one attached hydrogen (secondary N) is 1. The Morgan fingerprint density at radius 3 is 2.40 bits per heavy atom. The first-order valence-corrected chi connectivity index (χ1v) is 15.7. The molecule has 0 radical (unpaired) electrons. The lowest BCUT2D eigenvalue weighted by Crippen LogP contribution is -2.48. The summed E-state index contributed by atoms with van der Waals surface area (Å²) in [6, 6.07) is 24.3. The maximum atomic E-state index is 11.8. The SMILES string of the molecule is C=CCOC(=O)NCc1cccc(-c2ccc([C@@H]3O[C@H](CN4CCC5(CC4)OCCO5)C[C@H](c4ccc(CO)cc4)O3)cc2)c1. The highest BCUT2D eigenvalue weighted by Crippen LogP contribution is 2.39. The fourth-order valence-corrected chi connectivity index (χ4v) is 6.24. The van der Waals surface area contributed by atoms with Crippen LogP contribution in [0.25, 0.3) is 11.1 Å². The average Bonchev–Trinajstić information content (AvgIpc) is 3.55. The molecule has 3 aliphatic rings. The molecule has 3 atom stereocenters. The first-order valence-electron chi connectivity index (χ1n) is 15.7. The number of rotatable bonds is 10. The predicted octanol–water partition coefficient (Wildman–Crippen LogP) is 5.64. The average molecular weight is 615 g/mol. The molecular formula is C36H42N2O7. The Labute approximate surface area is 264 Å². The molecule has 3 aliphatic heterocycles. The maximum absolute atomic E-state index is 11.8. The Bertz CT molecular complexity index is 1410. The van der Waals surface area contributed by atoms with Crippen molar-refractivity contribution in [3.05, 3.63) is 108 Å². The monoisotopic (exact) mass is 614 g/mol. The Morgan fingerprint density at radius 2 is 1.69 bits per heavy atom. The molecule has 2 N–H and O–H groups in total. The van der Waals surface area contributed by atoms with Crippen LogP contribution >= 0.6 is 0 Å². The lowest BCUT2D eigenvalue weighted by Gasteiger charge is -2.41. The summed E-state index contributed by atoms with van der Waals surface area (Å²) in [6.07, 6.45) is 2.86. The van der Waals surface area contributed by atoms with E-state index in [1.807, 2.05) is 36.4 Å². The Hall–Kier alpha value is -3.57. The number of alkyl carbamates (subject to hydrolysis) is 1. The molecule has 1 amide bonds. The number of ether oxygens (including phenoxy) is 5. The van der Waals surface area contributed by atoms with E-state index in [1.165, 1.54) is 6.08 Å². The van der Waals surface area contributed by atoms with Gasteiger partial charge in [0, 0.05) is 51.0 Å². The van der Waals surface area contributed by atoms with Crippen molar-refractivity contribution >= 4 is 6.09 Å². The van der Waals surface area contributed by atoms with Gasteiger partial charge in [0.05, 0.1) is 32.0 Å². The third-order valence-electron chi connectivity index (χ3n) is 8.72. The number of likely N-dealkylation sites (tertiary alicyclic amines) is 1. The van der Waals surface area contributed by atoms with E-state index < -0.39 is 18.2 Å². The minimum atomic E-state index is -0.518. The summed E-state index contributed by atoms with van der Waals surface area (Å²) in [5.74, 6) is -0.401. The highest BCUT2D eigenvalue weighted by Gasteiger charge is 2.41. The van der Waals surface area contributed by atoms with E-state index in [9.17, 15) is 9.90 Å². The van der Waals surface area contributed by atoms with Crippen molar-refractivity contribution in [2.24, 2.45) is 0 Å². The predicted molar refractivity (Wildman–Crippen MR) is 169 cm³/mol. The summed E-state index contributed by atoms with van der Waals surface area (Å²) in [7, 11) is 0. The van der Waals surface area contributed by atoms with Gasteiger partial charge in [0.25, 0.3) is 0 Å². The van der Waals surface area contributed by atoms with Crippen molar-refractivity contribution < 1.29 is 33.6 Å². The van der Waals surface area contributed by atoms with Crippen molar-refractivity contribution in [2.75, 3.05) is 39.5 Å². The minimum absolute atomic E-state index is 0.0120. The molecule has 3 fully saturated rings. The second-order valence-corrected chi connectivity index (χ2v) is 11.8. The van der Waals surface area contributed by atoms with Crippen LogP contribution < -0.4 is 5.32 Å². The molecule has 1 spiro atoms. The smallest absolute Gasteiger partial charge is 0.407 e. The van der Waals surface area contributed by atoms with E-state index in [1.54, 1.807) is 0 Å². The van der Waals surface area contributed by atoms with E-state index in [4.69, 9.17) is 23.7 Å². The van der Waals surface area contributed by atoms with E-state index >= 15 is 0 Å². The number of benzene rings is 3. The molecule has 3 aromatic rings. The molecule has 0 aromatic heterocycles. The van der Waals surface area contributed by atoms with Crippen LogP contribution in [0, 0.1) is 0 Å². The zero-order valence-corrected chi connectivity index (χ0v) is 25.6. The number of carbonyl (C=O) groups is 1. The molecule has 3 saturated heterocycles. The maximum Gasteiger partial charge on any atom is 0.407 e.